The summed E-state index contributed by atoms with van der Waals surface area (Å²) in [5.41, 5.74) is 6.33. The molecule has 0 saturated heterocycles. The molecule has 0 amide bonds. The lowest BCUT2D eigenvalue weighted by Gasteiger charge is -1.93. The first-order chi connectivity index (χ1) is 5.29. The molecule has 0 aliphatic carbocycles. The van der Waals surface area contributed by atoms with Gasteiger partial charge in [0.1, 0.15) is 12.1 Å². The van der Waals surface area contributed by atoms with Crippen molar-refractivity contribution in [3.05, 3.63) is 12.5 Å². The van der Waals surface area contributed by atoms with E-state index >= 15 is 0 Å². The van der Waals surface area contributed by atoms with E-state index in [1.54, 1.807) is 10.9 Å². The minimum atomic E-state index is 0.475. The summed E-state index contributed by atoms with van der Waals surface area (Å²) in [5.74, 6) is 0.475. The fourth-order valence-electron chi connectivity index (χ4n) is 0.980. The van der Waals surface area contributed by atoms with Gasteiger partial charge in [-0.1, -0.05) is 0 Å². The zero-order valence-electron chi connectivity index (χ0n) is 6.02. The maximum atomic E-state index is 5.57. The van der Waals surface area contributed by atoms with Crippen molar-refractivity contribution in [3.8, 4) is 0 Å². The zero-order valence-corrected chi connectivity index (χ0v) is 6.02. The molecule has 2 N–H and O–H groups in total. The molecule has 0 saturated carbocycles. The van der Waals surface area contributed by atoms with Crippen LogP contribution in [0.3, 0.4) is 0 Å². The van der Waals surface area contributed by atoms with Gasteiger partial charge in [0, 0.05) is 7.05 Å². The summed E-state index contributed by atoms with van der Waals surface area (Å²) < 4.78 is 1.66. The SMILES string of the molecule is Cn1ncc2c(N)ncnc21. The number of nitrogens with zero attached hydrogens (tertiary/aromatic N) is 4. The quantitative estimate of drug-likeness (QED) is 0.570. The minimum absolute atomic E-state index is 0.475. The maximum absolute atomic E-state index is 5.57. The maximum Gasteiger partial charge on any atom is 0.163 e. The molecule has 0 radical (unpaired) electrons. The van der Waals surface area contributed by atoms with Gasteiger partial charge < -0.3 is 5.73 Å². The van der Waals surface area contributed by atoms with Crippen molar-refractivity contribution in [1.29, 1.82) is 0 Å². The van der Waals surface area contributed by atoms with E-state index in [4.69, 9.17) is 5.73 Å². The van der Waals surface area contributed by atoms with Crippen molar-refractivity contribution < 1.29 is 0 Å². The first kappa shape index (κ1) is 6.09. The third-order valence-electron chi connectivity index (χ3n) is 1.56. The van der Waals surface area contributed by atoms with Gasteiger partial charge in [0.05, 0.1) is 11.6 Å². The molecule has 0 aromatic carbocycles. The second-order valence-corrected chi connectivity index (χ2v) is 2.26. The van der Waals surface area contributed by atoms with E-state index in [1.807, 2.05) is 7.05 Å². The van der Waals surface area contributed by atoms with Crippen LogP contribution in [0.25, 0.3) is 11.0 Å². The highest BCUT2D eigenvalue weighted by Gasteiger charge is 2.02. The predicted molar refractivity (Wildman–Crippen MR) is 40.7 cm³/mol. The molecule has 0 bridgehead atoms. The third kappa shape index (κ3) is 0.739. The van der Waals surface area contributed by atoms with Crippen LogP contribution in [-0.2, 0) is 7.05 Å². The summed E-state index contributed by atoms with van der Waals surface area (Å²) in [7, 11) is 1.81. The monoisotopic (exact) mass is 149 g/mol. The van der Waals surface area contributed by atoms with Crippen LogP contribution in [0, 0.1) is 0 Å². The van der Waals surface area contributed by atoms with Gasteiger partial charge in [0.15, 0.2) is 5.65 Å². The van der Waals surface area contributed by atoms with Crippen LogP contribution in [0.1, 0.15) is 0 Å². The third-order valence-corrected chi connectivity index (χ3v) is 1.56. The summed E-state index contributed by atoms with van der Waals surface area (Å²) in [6.45, 7) is 0. The van der Waals surface area contributed by atoms with Gasteiger partial charge in [0.2, 0.25) is 0 Å². The van der Waals surface area contributed by atoms with Crippen LogP contribution in [0.15, 0.2) is 12.5 Å². The largest absolute Gasteiger partial charge is 0.383 e. The van der Waals surface area contributed by atoms with Crippen molar-refractivity contribution in [1.82, 2.24) is 19.7 Å². The van der Waals surface area contributed by atoms with Crippen LogP contribution < -0.4 is 5.73 Å². The zero-order chi connectivity index (χ0) is 7.84. The van der Waals surface area contributed by atoms with Crippen molar-refractivity contribution >= 4 is 16.9 Å². The molecule has 0 aliphatic rings. The molecule has 0 fully saturated rings. The number of anilines is 1. The van der Waals surface area contributed by atoms with E-state index in [1.165, 1.54) is 6.33 Å². The van der Waals surface area contributed by atoms with Crippen molar-refractivity contribution in [2.24, 2.45) is 7.05 Å². The fraction of sp³-hybridized carbons (Fsp3) is 0.167. The van der Waals surface area contributed by atoms with E-state index in [0.717, 1.165) is 11.0 Å². The molecule has 0 spiro atoms. The van der Waals surface area contributed by atoms with Crippen molar-refractivity contribution in [2.45, 2.75) is 0 Å². The van der Waals surface area contributed by atoms with Crippen LogP contribution >= 0.6 is 0 Å². The van der Waals surface area contributed by atoms with Gasteiger partial charge in [-0.05, 0) is 0 Å². The van der Waals surface area contributed by atoms with Gasteiger partial charge in [-0.15, -0.1) is 0 Å². The summed E-state index contributed by atoms with van der Waals surface area (Å²) in [6, 6.07) is 0. The highest BCUT2D eigenvalue weighted by molar-refractivity contribution is 5.84. The molecule has 0 unspecified atom stereocenters. The highest BCUT2D eigenvalue weighted by Crippen LogP contribution is 2.13. The molecule has 5 heteroatoms. The lowest BCUT2D eigenvalue weighted by Crippen LogP contribution is -1.95. The summed E-state index contributed by atoms with van der Waals surface area (Å²) >= 11 is 0. The van der Waals surface area contributed by atoms with Gasteiger partial charge in [-0.3, -0.25) is 4.68 Å². The number of hydrogen-bond donors (Lipinski definition) is 1. The van der Waals surface area contributed by atoms with Gasteiger partial charge in [-0.25, -0.2) is 9.97 Å². The Kier molecular flexibility index (Phi) is 1.06. The average Bonchev–Trinajstić information content (AvgIpc) is 2.35. The molecule has 5 nitrogen and oxygen atoms in total. The highest BCUT2D eigenvalue weighted by atomic mass is 15.3. The van der Waals surface area contributed by atoms with Crippen molar-refractivity contribution in [2.75, 3.05) is 5.73 Å². The number of aromatic nitrogens is 4. The van der Waals surface area contributed by atoms with E-state index in [0.29, 0.717) is 5.82 Å². The lowest BCUT2D eigenvalue weighted by molar-refractivity contribution is 0.785. The molecule has 0 aliphatic heterocycles. The summed E-state index contributed by atoms with van der Waals surface area (Å²) in [4.78, 5) is 7.84. The number of hydrogen-bond acceptors (Lipinski definition) is 4. The average molecular weight is 149 g/mol. The van der Waals surface area contributed by atoms with E-state index in [-0.39, 0.29) is 0 Å². The summed E-state index contributed by atoms with van der Waals surface area (Å²) in [6.07, 6.45) is 3.09. The molecular weight excluding hydrogens is 142 g/mol. The number of fused-ring (bicyclic) bond motifs is 1. The second kappa shape index (κ2) is 1.91. The normalized spacial score (nSPS) is 10.6. The predicted octanol–water partition coefficient (Wildman–Crippen LogP) is -0.0545. The lowest BCUT2D eigenvalue weighted by atomic mass is 10.4. The van der Waals surface area contributed by atoms with Crippen LogP contribution in [-0.4, -0.2) is 19.7 Å². The molecule has 2 aromatic heterocycles. The van der Waals surface area contributed by atoms with Gasteiger partial charge in [-0.2, -0.15) is 5.10 Å². The van der Waals surface area contributed by atoms with Crippen LogP contribution in [0.2, 0.25) is 0 Å². The number of rotatable bonds is 0. The van der Waals surface area contributed by atoms with Gasteiger partial charge in [0.25, 0.3) is 0 Å². The number of aryl methyl sites for hydroxylation is 1. The van der Waals surface area contributed by atoms with Gasteiger partial charge >= 0.3 is 0 Å². The Morgan fingerprint density at radius 1 is 1.45 bits per heavy atom. The Labute approximate surface area is 62.9 Å². The molecule has 2 aromatic rings. The molecule has 2 heterocycles. The number of nitrogen functional groups attached to an aromatic ring is 1. The van der Waals surface area contributed by atoms with E-state index < -0.39 is 0 Å². The number of nitrogens with two attached hydrogens (primary N) is 1. The van der Waals surface area contributed by atoms with Crippen molar-refractivity contribution in [3.63, 3.8) is 0 Å². The summed E-state index contributed by atoms with van der Waals surface area (Å²) in [5, 5.41) is 4.79. The molecule has 56 valence electrons. The Balaban J connectivity index is 2.94. The molecule has 11 heavy (non-hydrogen) atoms. The molecule has 2 rings (SSSR count). The first-order valence-corrected chi connectivity index (χ1v) is 3.17. The first-order valence-electron chi connectivity index (χ1n) is 3.17. The Morgan fingerprint density at radius 3 is 3.00 bits per heavy atom. The van der Waals surface area contributed by atoms with Crippen LogP contribution in [0.4, 0.5) is 5.82 Å². The molecule has 0 atom stereocenters. The minimum Gasteiger partial charge on any atom is -0.383 e. The Morgan fingerprint density at radius 2 is 2.27 bits per heavy atom. The van der Waals surface area contributed by atoms with E-state index in [9.17, 15) is 0 Å². The molecular formula is C6H7N5. The smallest absolute Gasteiger partial charge is 0.163 e. The standard InChI is InChI=1S/C6H7N5/c1-11-6-4(2-10-11)5(7)8-3-9-6/h2-3H,1H3,(H2,7,8,9). The Bertz CT molecular complexity index is 391. The second-order valence-electron chi connectivity index (χ2n) is 2.26. The topological polar surface area (TPSA) is 69.6 Å². The Hall–Kier alpha value is -1.65. The van der Waals surface area contributed by atoms with E-state index in [2.05, 4.69) is 15.1 Å². The van der Waals surface area contributed by atoms with Crippen LogP contribution in [0.5, 0.6) is 0 Å². The fourth-order valence-corrected chi connectivity index (χ4v) is 0.980.